The molecule has 0 bridgehead atoms. The standard InChI is InChI=1S/C21H22FN5O2S/c22-16-10-8-15(9-11-16)20-25-26-21(27(20)17-5-2-1-3-6-17)30-14-19(28)24-23-13-18-7-4-12-29-18/h4,7-13,17H,1-3,5-6,14H2,(H,24,28)/b23-13+. The monoisotopic (exact) mass is 427 g/mol. The number of benzene rings is 1. The van der Waals surface area contributed by atoms with Crippen LogP contribution in [0.25, 0.3) is 11.4 Å². The number of hydrazone groups is 1. The molecule has 1 aromatic carbocycles. The van der Waals surface area contributed by atoms with Gasteiger partial charge in [-0.3, -0.25) is 9.36 Å². The molecule has 0 aliphatic heterocycles. The average Bonchev–Trinajstić information content (AvgIpc) is 3.43. The minimum absolute atomic E-state index is 0.157. The number of furan rings is 1. The molecule has 1 saturated carbocycles. The Morgan fingerprint density at radius 2 is 2.03 bits per heavy atom. The number of hydrogen-bond donors (Lipinski definition) is 1. The summed E-state index contributed by atoms with van der Waals surface area (Å²) in [6, 6.07) is 10.0. The number of carbonyl (C=O) groups excluding carboxylic acids is 1. The van der Waals surface area contributed by atoms with Crippen molar-refractivity contribution in [3.8, 4) is 11.4 Å². The fourth-order valence-electron chi connectivity index (χ4n) is 3.53. The summed E-state index contributed by atoms with van der Waals surface area (Å²) in [7, 11) is 0. The number of amides is 1. The molecule has 2 heterocycles. The van der Waals surface area contributed by atoms with Gasteiger partial charge in [0.1, 0.15) is 11.6 Å². The van der Waals surface area contributed by atoms with Gasteiger partial charge in [0.15, 0.2) is 11.0 Å². The molecule has 0 atom stereocenters. The molecule has 1 fully saturated rings. The number of nitrogens with one attached hydrogen (secondary N) is 1. The molecule has 1 N–H and O–H groups in total. The first-order valence-corrected chi connectivity index (χ1v) is 10.9. The molecule has 1 aliphatic carbocycles. The van der Waals surface area contributed by atoms with Gasteiger partial charge in [-0.25, -0.2) is 9.82 Å². The smallest absolute Gasteiger partial charge is 0.250 e. The molecule has 1 amide bonds. The van der Waals surface area contributed by atoms with Crippen LogP contribution in [0.5, 0.6) is 0 Å². The number of thioether (sulfide) groups is 1. The number of nitrogens with zero attached hydrogens (tertiary/aromatic N) is 4. The van der Waals surface area contributed by atoms with E-state index >= 15 is 0 Å². The molecule has 0 spiro atoms. The Balaban J connectivity index is 1.48. The molecule has 0 saturated heterocycles. The van der Waals surface area contributed by atoms with Crippen LogP contribution in [0.2, 0.25) is 0 Å². The van der Waals surface area contributed by atoms with E-state index in [1.807, 2.05) is 0 Å². The zero-order valence-electron chi connectivity index (χ0n) is 16.3. The van der Waals surface area contributed by atoms with Crippen molar-refractivity contribution in [1.82, 2.24) is 20.2 Å². The lowest BCUT2D eigenvalue weighted by molar-refractivity contribution is -0.118. The summed E-state index contributed by atoms with van der Waals surface area (Å²) >= 11 is 1.32. The molecular weight excluding hydrogens is 405 g/mol. The zero-order valence-corrected chi connectivity index (χ0v) is 17.1. The number of halogens is 1. The second-order valence-electron chi connectivity index (χ2n) is 7.07. The van der Waals surface area contributed by atoms with E-state index < -0.39 is 0 Å². The van der Waals surface area contributed by atoms with E-state index in [0.29, 0.717) is 16.7 Å². The first-order chi connectivity index (χ1) is 14.7. The van der Waals surface area contributed by atoms with Crippen LogP contribution in [0.15, 0.2) is 57.3 Å². The molecule has 156 valence electrons. The van der Waals surface area contributed by atoms with Gasteiger partial charge in [0.2, 0.25) is 0 Å². The van der Waals surface area contributed by atoms with Gasteiger partial charge in [0.25, 0.3) is 5.91 Å². The fraction of sp³-hybridized carbons (Fsp3) is 0.333. The third kappa shape index (κ3) is 4.96. The summed E-state index contributed by atoms with van der Waals surface area (Å²) in [5, 5.41) is 13.3. The minimum atomic E-state index is -0.288. The second kappa shape index (κ2) is 9.71. The van der Waals surface area contributed by atoms with Gasteiger partial charge >= 0.3 is 0 Å². The van der Waals surface area contributed by atoms with E-state index in [0.717, 1.165) is 31.2 Å². The Hall–Kier alpha value is -2.94. The first kappa shape index (κ1) is 20.3. The highest BCUT2D eigenvalue weighted by molar-refractivity contribution is 7.99. The van der Waals surface area contributed by atoms with Gasteiger partial charge < -0.3 is 4.42 Å². The quantitative estimate of drug-likeness (QED) is 0.343. The fourth-order valence-corrected chi connectivity index (χ4v) is 4.33. The lowest BCUT2D eigenvalue weighted by Crippen LogP contribution is -2.20. The summed E-state index contributed by atoms with van der Waals surface area (Å²) in [4.78, 5) is 12.2. The first-order valence-electron chi connectivity index (χ1n) is 9.90. The maximum Gasteiger partial charge on any atom is 0.250 e. The molecule has 0 radical (unpaired) electrons. The second-order valence-corrected chi connectivity index (χ2v) is 8.01. The molecule has 1 aliphatic rings. The molecule has 9 heteroatoms. The van der Waals surface area contributed by atoms with Crippen LogP contribution < -0.4 is 5.43 Å². The van der Waals surface area contributed by atoms with Gasteiger partial charge in [0, 0.05) is 11.6 Å². The Bertz CT molecular complexity index is 995. The Morgan fingerprint density at radius 1 is 1.23 bits per heavy atom. The maximum absolute atomic E-state index is 13.4. The third-order valence-corrected chi connectivity index (χ3v) is 5.91. The van der Waals surface area contributed by atoms with Crippen molar-refractivity contribution < 1.29 is 13.6 Å². The minimum Gasteiger partial charge on any atom is -0.463 e. The van der Waals surface area contributed by atoms with Crippen molar-refractivity contribution in [3.05, 3.63) is 54.2 Å². The lowest BCUT2D eigenvalue weighted by atomic mass is 9.95. The van der Waals surface area contributed by atoms with Crippen molar-refractivity contribution in [2.45, 2.75) is 43.3 Å². The number of carbonyl (C=O) groups is 1. The van der Waals surface area contributed by atoms with Gasteiger partial charge in [-0.1, -0.05) is 31.0 Å². The zero-order chi connectivity index (χ0) is 20.8. The predicted octanol–water partition coefficient (Wildman–Crippen LogP) is 4.42. The number of aromatic nitrogens is 3. The van der Waals surface area contributed by atoms with Crippen LogP contribution in [0.1, 0.15) is 43.9 Å². The maximum atomic E-state index is 13.4. The van der Waals surface area contributed by atoms with Crippen molar-refractivity contribution in [3.63, 3.8) is 0 Å². The van der Waals surface area contributed by atoms with Crippen LogP contribution in [0, 0.1) is 5.82 Å². The highest BCUT2D eigenvalue weighted by Gasteiger charge is 2.24. The van der Waals surface area contributed by atoms with E-state index in [1.54, 1.807) is 24.3 Å². The van der Waals surface area contributed by atoms with Crippen LogP contribution in [0.4, 0.5) is 4.39 Å². The van der Waals surface area contributed by atoms with E-state index in [4.69, 9.17) is 4.42 Å². The van der Waals surface area contributed by atoms with E-state index in [9.17, 15) is 9.18 Å². The summed E-state index contributed by atoms with van der Waals surface area (Å²) in [5.74, 6) is 0.891. The van der Waals surface area contributed by atoms with E-state index in [1.165, 1.54) is 42.8 Å². The van der Waals surface area contributed by atoms with Crippen molar-refractivity contribution in [1.29, 1.82) is 0 Å². The Morgan fingerprint density at radius 3 is 2.77 bits per heavy atom. The third-order valence-electron chi connectivity index (χ3n) is 4.96. The highest BCUT2D eigenvalue weighted by atomic mass is 32.2. The van der Waals surface area contributed by atoms with E-state index in [2.05, 4.69) is 25.3 Å². The molecule has 3 aromatic rings. The van der Waals surface area contributed by atoms with Crippen LogP contribution in [0.3, 0.4) is 0 Å². The summed E-state index contributed by atoms with van der Waals surface area (Å²) in [5.41, 5.74) is 3.30. The summed E-state index contributed by atoms with van der Waals surface area (Å²) in [6.45, 7) is 0. The predicted molar refractivity (Wildman–Crippen MR) is 113 cm³/mol. The molecule has 2 aromatic heterocycles. The molecule has 0 unspecified atom stereocenters. The Kier molecular flexibility index (Phi) is 6.58. The number of hydrogen-bond acceptors (Lipinski definition) is 6. The van der Waals surface area contributed by atoms with Gasteiger partial charge in [-0.05, 0) is 49.2 Å². The van der Waals surface area contributed by atoms with E-state index in [-0.39, 0.29) is 23.5 Å². The number of rotatable bonds is 7. The van der Waals surface area contributed by atoms with Crippen LogP contribution in [-0.4, -0.2) is 32.6 Å². The highest BCUT2D eigenvalue weighted by Crippen LogP contribution is 2.35. The van der Waals surface area contributed by atoms with Gasteiger partial charge in [0.05, 0.1) is 18.2 Å². The van der Waals surface area contributed by atoms with Crippen LogP contribution >= 0.6 is 11.8 Å². The molecule has 7 nitrogen and oxygen atoms in total. The molecule has 30 heavy (non-hydrogen) atoms. The van der Waals surface area contributed by atoms with Crippen molar-refractivity contribution >= 4 is 23.9 Å². The lowest BCUT2D eigenvalue weighted by Gasteiger charge is -2.25. The molecular formula is C21H22FN5O2S. The molecule has 4 rings (SSSR count). The SMILES string of the molecule is O=C(CSc1nnc(-c2ccc(F)cc2)n1C1CCCCC1)N/N=C/c1ccco1. The largest absolute Gasteiger partial charge is 0.463 e. The average molecular weight is 428 g/mol. The summed E-state index contributed by atoms with van der Waals surface area (Å²) < 4.78 is 20.6. The Labute approximate surface area is 177 Å². The normalized spacial score (nSPS) is 15.0. The van der Waals surface area contributed by atoms with Crippen molar-refractivity contribution in [2.75, 3.05) is 5.75 Å². The van der Waals surface area contributed by atoms with Gasteiger partial charge in [-0.15, -0.1) is 10.2 Å². The van der Waals surface area contributed by atoms with Crippen LogP contribution in [-0.2, 0) is 4.79 Å². The van der Waals surface area contributed by atoms with Gasteiger partial charge in [-0.2, -0.15) is 5.10 Å². The summed E-state index contributed by atoms with van der Waals surface area (Å²) in [6.07, 6.45) is 8.59. The topological polar surface area (TPSA) is 85.3 Å². The van der Waals surface area contributed by atoms with Crippen molar-refractivity contribution in [2.24, 2.45) is 5.10 Å².